The fourth-order valence-electron chi connectivity index (χ4n) is 3.51. The maximum absolute atomic E-state index is 6.27. The third kappa shape index (κ3) is 3.24. The van der Waals surface area contributed by atoms with E-state index in [0.717, 1.165) is 60.9 Å². The van der Waals surface area contributed by atoms with E-state index in [-0.39, 0.29) is 0 Å². The van der Waals surface area contributed by atoms with Crippen molar-refractivity contribution in [2.45, 2.75) is 23.9 Å². The van der Waals surface area contributed by atoms with Crippen molar-refractivity contribution in [3.8, 4) is 0 Å². The Morgan fingerprint density at radius 2 is 1.89 bits per heavy atom. The van der Waals surface area contributed by atoms with E-state index in [1.807, 2.05) is 23.1 Å². The zero-order chi connectivity index (χ0) is 19.1. The van der Waals surface area contributed by atoms with Gasteiger partial charge in [-0.2, -0.15) is 15.1 Å². The Balaban J connectivity index is 1.42. The highest BCUT2D eigenvalue weighted by Gasteiger charge is 2.29. The van der Waals surface area contributed by atoms with Crippen LogP contribution in [0.2, 0.25) is 0 Å². The molecule has 1 saturated carbocycles. The minimum Gasteiger partial charge on any atom is -0.383 e. The van der Waals surface area contributed by atoms with E-state index in [0.29, 0.717) is 17.8 Å². The fraction of sp³-hybridized carbons (Fsp3) is 0.421. The van der Waals surface area contributed by atoms with Crippen LogP contribution in [0.3, 0.4) is 0 Å². The number of nitrogen functional groups attached to an aromatic ring is 1. The normalized spacial score (nSPS) is 17.2. The smallest absolute Gasteiger partial charge is 0.231 e. The molecule has 0 spiro atoms. The summed E-state index contributed by atoms with van der Waals surface area (Å²) in [6.45, 7) is 3.40. The minimum absolute atomic E-state index is 0.429. The molecule has 2 aromatic heterocycles. The van der Waals surface area contributed by atoms with E-state index in [1.54, 1.807) is 11.8 Å². The molecule has 1 saturated heterocycles. The summed E-state index contributed by atoms with van der Waals surface area (Å²) >= 11 is 1.58. The molecule has 28 heavy (non-hydrogen) atoms. The predicted octanol–water partition coefficient (Wildman–Crippen LogP) is 3.05. The molecule has 5 rings (SSSR count). The molecule has 0 bridgehead atoms. The predicted molar refractivity (Wildman–Crippen MR) is 113 cm³/mol. The van der Waals surface area contributed by atoms with Crippen LogP contribution in [0.15, 0.2) is 29.3 Å². The van der Waals surface area contributed by atoms with Crippen molar-refractivity contribution in [2.75, 3.05) is 48.5 Å². The highest BCUT2D eigenvalue weighted by Crippen LogP contribution is 2.40. The van der Waals surface area contributed by atoms with Gasteiger partial charge in [0.25, 0.3) is 0 Å². The van der Waals surface area contributed by atoms with Gasteiger partial charge in [-0.3, -0.25) is 0 Å². The zero-order valence-corrected chi connectivity index (χ0v) is 16.6. The second-order valence-electron chi connectivity index (χ2n) is 7.09. The first-order valence-electron chi connectivity index (χ1n) is 9.52. The Hall–Kier alpha value is -2.52. The summed E-state index contributed by atoms with van der Waals surface area (Å²) in [6.07, 6.45) is 4.28. The lowest BCUT2D eigenvalue weighted by molar-refractivity contribution is 0.122. The molecule has 3 N–H and O–H groups in total. The van der Waals surface area contributed by atoms with Gasteiger partial charge in [-0.05, 0) is 43.4 Å². The number of anilines is 4. The first-order chi connectivity index (χ1) is 13.7. The number of nitrogens with two attached hydrogens (primary N) is 1. The molecule has 9 heteroatoms. The Labute approximate surface area is 167 Å². The number of aromatic nitrogens is 4. The largest absolute Gasteiger partial charge is 0.383 e. The third-order valence-corrected chi connectivity index (χ3v) is 5.81. The van der Waals surface area contributed by atoms with Gasteiger partial charge in [0.15, 0.2) is 5.65 Å². The number of hydrogen-bond donors (Lipinski definition) is 2. The molecule has 2 aliphatic rings. The standard InChI is InChI=1S/C19H23N7OS/c1-28-18-15-16(20)22-19(23-17(15)26(24-18)14-6-7-14)21-12-2-4-13(5-3-12)25-8-10-27-11-9-25/h2-5,14H,6-11H2,1H3,(H3,20,21,22,23). The van der Waals surface area contributed by atoms with Gasteiger partial charge >= 0.3 is 0 Å². The monoisotopic (exact) mass is 397 g/mol. The van der Waals surface area contributed by atoms with E-state index >= 15 is 0 Å². The summed E-state index contributed by atoms with van der Waals surface area (Å²) < 4.78 is 7.43. The summed E-state index contributed by atoms with van der Waals surface area (Å²) in [6, 6.07) is 8.73. The van der Waals surface area contributed by atoms with Crippen LogP contribution in [0.4, 0.5) is 23.1 Å². The molecule has 1 aliphatic heterocycles. The van der Waals surface area contributed by atoms with Gasteiger partial charge < -0.3 is 20.7 Å². The van der Waals surface area contributed by atoms with Gasteiger partial charge in [0.2, 0.25) is 5.95 Å². The van der Waals surface area contributed by atoms with Crippen LogP contribution >= 0.6 is 11.8 Å². The molecule has 0 radical (unpaired) electrons. The lowest BCUT2D eigenvalue weighted by Gasteiger charge is -2.28. The fourth-order valence-corrected chi connectivity index (χ4v) is 4.08. The molecule has 0 atom stereocenters. The number of ether oxygens (including phenoxy) is 1. The summed E-state index contributed by atoms with van der Waals surface area (Å²) in [4.78, 5) is 11.5. The summed E-state index contributed by atoms with van der Waals surface area (Å²) in [5.74, 6) is 0.965. The van der Waals surface area contributed by atoms with Crippen molar-refractivity contribution in [3.05, 3.63) is 24.3 Å². The molecule has 1 aromatic carbocycles. The number of fused-ring (bicyclic) bond motifs is 1. The first kappa shape index (κ1) is 17.6. The van der Waals surface area contributed by atoms with Gasteiger partial charge in [-0.1, -0.05) is 0 Å². The highest BCUT2D eigenvalue weighted by molar-refractivity contribution is 7.98. The molecule has 3 aromatic rings. The number of thioether (sulfide) groups is 1. The molecule has 2 fully saturated rings. The highest BCUT2D eigenvalue weighted by atomic mass is 32.2. The quantitative estimate of drug-likeness (QED) is 0.635. The van der Waals surface area contributed by atoms with Crippen molar-refractivity contribution >= 4 is 45.9 Å². The maximum atomic E-state index is 6.27. The van der Waals surface area contributed by atoms with Gasteiger partial charge in [-0.15, -0.1) is 11.8 Å². The molecule has 146 valence electrons. The first-order valence-corrected chi connectivity index (χ1v) is 10.7. The van der Waals surface area contributed by atoms with E-state index in [4.69, 9.17) is 20.6 Å². The molecule has 0 unspecified atom stereocenters. The van der Waals surface area contributed by atoms with Crippen LogP contribution in [0.5, 0.6) is 0 Å². The molecular formula is C19H23N7OS. The Bertz CT molecular complexity index is 994. The van der Waals surface area contributed by atoms with Crippen LogP contribution < -0.4 is 16.0 Å². The molecule has 8 nitrogen and oxygen atoms in total. The average Bonchev–Trinajstić information content (AvgIpc) is 3.50. The second-order valence-corrected chi connectivity index (χ2v) is 7.88. The van der Waals surface area contributed by atoms with Gasteiger partial charge in [0.05, 0.1) is 24.6 Å². The van der Waals surface area contributed by atoms with Crippen molar-refractivity contribution < 1.29 is 4.74 Å². The summed E-state index contributed by atoms with van der Waals surface area (Å²) in [5, 5.41) is 9.73. The summed E-state index contributed by atoms with van der Waals surface area (Å²) in [5.41, 5.74) is 9.20. The van der Waals surface area contributed by atoms with Crippen molar-refractivity contribution in [2.24, 2.45) is 0 Å². The second kappa shape index (κ2) is 7.14. The Morgan fingerprint density at radius 3 is 2.57 bits per heavy atom. The van der Waals surface area contributed by atoms with E-state index < -0.39 is 0 Å². The molecular weight excluding hydrogens is 374 g/mol. The van der Waals surface area contributed by atoms with Crippen LogP contribution in [-0.2, 0) is 4.74 Å². The number of rotatable bonds is 5. The van der Waals surface area contributed by atoms with Crippen LogP contribution in [0, 0.1) is 0 Å². The summed E-state index contributed by atoms with van der Waals surface area (Å²) in [7, 11) is 0. The van der Waals surface area contributed by atoms with Crippen LogP contribution in [-0.4, -0.2) is 52.3 Å². The molecule has 3 heterocycles. The van der Waals surface area contributed by atoms with Crippen molar-refractivity contribution in [1.82, 2.24) is 19.7 Å². The van der Waals surface area contributed by atoms with Crippen LogP contribution in [0.1, 0.15) is 18.9 Å². The molecule has 0 amide bonds. The van der Waals surface area contributed by atoms with Gasteiger partial charge in [0, 0.05) is 24.5 Å². The van der Waals surface area contributed by atoms with Crippen molar-refractivity contribution in [3.63, 3.8) is 0 Å². The minimum atomic E-state index is 0.429. The number of nitrogens with one attached hydrogen (secondary N) is 1. The maximum Gasteiger partial charge on any atom is 0.231 e. The number of nitrogens with zero attached hydrogens (tertiary/aromatic N) is 5. The van der Waals surface area contributed by atoms with Gasteiger partial charge in [-0.25, -0.2) is 4.68 Å². The number of benzene rings is 1. The molecule has 1 aliphatic carbocycles. The van der Waals surface area contributed by atoms with E-state index in [1.165, 1.54) is 5.69 Å². The lowest BCUT2D eigenvalue weighted by Crippen LogP contribution is -2.36. The Morgan fingerprint density at radius 1 is 1.14 bits per heavy atom. The Kier molecular flexibility index (Phi) is 4.48. The van der Waals surface area contributed by atoms with Crippen LogP contribution in [0.25, 0.3) is 11.0 Å². The average molecular weight is 398 g/mol. The van der Waals surface area contributed by atoms with Crippen molar-refractivity contribution in [1.29, 1.82) is 0 Å². The van der Waals surface area contributed by atoms with E-state index in [9.17, 15) is 0 Å². The topological polar surface area (TPSA) is 94.1 Å². The van der Waals surface area contributed by atoms with E-state index in [2.05, 4.69) is 27.3 Å². The van der Waals surface area contributed by atoms with Gasteiger partial charge in [0.1, 0.15) is 10.8 Å². The SMILES string of the molecule is CSc1nn(C2CC2)c2nc(Nc3ccc(N4CCOCC4)cc3)nc(N)c12. The lowest BCUT2D eigenvalue weighted by atomic mass is 10.2. The third-order valence-electron chi connectivity index (χ3n) is 5.13. The zero-order valence-electron chi connectivity index (χ0n) is 15.8. The number of morpholine rings is 1. The number of hydrogen-bond acceptors (Lipinski definition) is 8.